The van der Waals surface area contributed by atoms with Gasteiger partial charge in [0.15, 0.2) is 5.58 Å². The number of thioether (sulfide) groups is 2. The zero-order chi connectivity index (χ0) is 20.1. The minimum Gasteiger partial charge on any atom is -0.465 e. The van der Waals surface area contributed by atoms with Gasteiger partial charge in [0.1, 0.15) is 5.52 Å². The van der Waals surface area contributed by atoms with E-state index < -0.39 is 0 Å². The van der Waals surface area contributed by atoms with Crippen LogP contribution in [0.4, 0.5) is 0 Å². The molecule has 0 N–H and O–H groups in total. The van der Waals surface area contributed by atoms with E-state index in [1.165, 1.54) is 12.7 Å². The molecule has 1 atom stereocenters. The number of rotatable bonds is 7. The van der Waals surface area contributed by atoms with Crippen LogP contribution in [0.15, 0.2) is 88.5 Å². The van der Waals surface area contributed by atoms with E-state index in [1.54, 1.807) is 35.7 Å². The molecule has 29 heavy (non-hydrogen) atoms. The Balaban J connectivity index is 1.58. The van der Waals surface area contributed by atoms with Gasteiger partial charge in [0, 0.05) is 5.75 Å². The highest BCUT2D eigenvalue weighted by Crippen LogP contribution is 2.45. The van der Waals surface area contributed by atoms with Crippen molar-refractivity contribution in [1.29, 1.82) is 0 Å². The van der Waals surface area contributed by atoms with Crippen LogP contribution in [0.2, 0.25) is 0 Å². The first kappa shape index (κ1) is 19.6. The second-order valence-electron chi connectivity index (χ2n) is 6.31. The maximum absolute atomic E-state index is 11.7. The van der Waals surface area contributed by atoms with Crippen molar-refractivity contribution >= 4 is 40.6 Å². The lowest BCUT2D eigenvalue weighted by Crippen LogP contribution is -2.01. The number of aromatic nitrogens is 1. The number of fused-ring (bicyclic) bond motifs is 1. The van der Waals surface area contributed by atoms with Crippen molar-refractivity contribution in [1.82, 2.24) is 4.98 Å². The molecule has 1 unspecified atom stereocenters. The van der Waals surface area contributed by atoms with Gasteiger partial charge in [-0.2, -0.15) is 0 Å². The molecule has 0 saturated heterocycles. The molecule has 4 aromatic rings. The highest BCUT2D eigenvalue weighted by molar-refractivity contribution is 8.15. The lowest BCUT2D eigenvalue weighted by Gasteiger charge is -2.15. The predicted molar refractivity (Wildman–Crippen MR) is 118 cm³/mol. The Labute approximate surface area is 177 Å². The van der Waals surface area contributed by atoms with Gasteiger partial charge in [-0.25, -0.2) is 9.78 Å². The molecule has 3 aromatic carbocycles. The summed E-state index contributed by atoms with van der Waals surface area (Å²) < 4.78 is 10.8. The Bertz CT molecular complexity index is 1060. The molecule has 4 nitrogen and oxygen atoms in total. The Hall–Kier alpha value is -2.70. The van der Waals surface area contributed by atoms with Crippen LogP contribution in [-0.4, -0.2) is 18.1 Å². The summed E-state index contributed by atoms with van der Waals surface area (Å²) in [5.74, 6) is 0.522. The third-order valence-electron chi connectivity index (χ3n) is 4.33. The Morgan fingerprint density at radius 3 is 2.45 bits per heavy atom. The number of carbonyl (C=O) groups excluding carboxylic acids is 1. The van der Waals surface area contributed by atoms with Crippen LogP contribution in [0.5, 0.6) is 0 Å². The number of oxazole rings is 1. The van der Waals surface area contributed by atoms with Crippen molar-refractivity contribution in [2.75, 3.05) is 7.11 Å². The van der Waals surface area contributed by atoms with Gasteiger partial charge in [-0.3, -0.25) is 0 Å². The molecule has 0 aliphatic heterocycles. The lowest BCUT2D eigenvalue weighted by atomic mass is 10.1. The Kier molecular flexibility index (Phi) is 6.22. The van der Waals surface area contributed by atoms with E-state index in [4.69, 9.17) is 9.15 Å². The molecule has 0 fully saturated rings. The molecule has 0 saturated carbocycles. The quantitative estimate of drug-likeness (QED) is 0.197. The van der Waals surface area contributed by atoms with Crippen LogP contribution in [0, 0.1) is 0 Å². The molecule has 0 spiro atoms. The van der Waals surface area contributed by atoms with E-state index in [1.807, 2.05) is 54.6 Å². The van der Waals surface area contributed by atoms with Gasteiger partial charge in [-0.1, -0.05) is 54.6 Å². The number of benzene rings is 3. The van der Waals surface area contributed by atoms with Crippen molar-refractivity contribution in [3.63, 3.8) is 0 Å². The largest absolute Gasteiger partial charge is 0.465 e. The summed E-state index contributed by atoms with van der Waals surface area (Å²) in [5.41, 5.74) is 4.51. The first-order chi connectivity index (χ1) is 14.2. The Morgan fingerprint density at radius 2 is 1.72 bits per heavy atom. The second kappa shape index (κ2) is 9.20. The van der Waals surface area contributed by atoms with Crippen LogP contribution in [-0.2, 0) is 10.5 Å². The van der Waals surface area contributed by atoms with E-state index in [9.17, 15) is 4.79 Å². The molecule has 0 bridgehead atoms. The Morgan fingerprint density at radius 1 is 1.00 bits per heavy atom. The molecule has 0 radical (unpaired) electrons. The van der Waals surface area contributed by atoms with Crippen molar-refractivity contribution in [3.05, 3.63) is 95.6 Å². The summed E-state index contributed by atoms with van der Waals surface area (Å²) in [4.78, 5) is 16.3. The average molecular weight is 422 g/mol. The van der Waals surface area contributed by atoms with E-state index >= 15 is 0 Å². The summed E-state index contributed by atoms with van der Waals surface area (Å²) in [7, 11) is 1.39. The van der Waals surface area contributed by atoms with Gasteiger partial charge in [0.2, 0.25) is 0 Å². The topological polar surface area (TPSA) is 52.3 Å². The third kappa shape index (κ3) is 4.83. The minimum atomic E-state index is -0.336. The van der Waals surface area contributed by atoms with E-state index in [-0.39, 0.29) is 10.6 Å². The van der Waals surface area contributed by atoms with Crippen molar-refractivity contribution in [2.45, 2.75) is 15.6 Å². The molecule has 4 rings (SSSR count). The van der Waals surface area contributed by atoms with Crippen LogP contribution in [0.3, 0.4) is 0 Å². The molecular formula is C23H19NO3S2. The maximum atomic E-state index is 11.7. The first-order valence-electron chi connectivity index (χ1n) is 9.09. The highest BCUT2D eigenvalue weighted by Gasteiger charge is 2.19. The summed E-state index contributed by atoms with van der Waals surface area (Å²) in [6.07, 6.45) is 0. The summed E-state index contributed by atoms with van der Waals surface area (Å²) >= 11 is 3.38. The molecule has 1 heterocycles. The number of carbonyl (C=O) groups is 1. The van der Waals surface area contributed by atoms with Crippen LogP contribution >= 0.6 is 23.5 Å². The van der Waals surface area contributed by atoms with E-state index in [0.717, 1.165) is 22.4 Å². The minimum absolute atomic E-state index is 0.0648. The molecular weight excluding hydrogens is 402 g/mol. The maximum Gasteiger partial charge on any atom is 0.337 e. The number of ether oxygens (including phenoxy) is 1. The second-order valence-corrected chi connectivity index (χ2v) is 8.76. The van der Waals surface area contributed by atoms with Gasteiger partial charge < -0.3 is 9.15 Å². The zero-order valence-electron chi connectivity index (χ0n) is 15.8. The average Bonchev–Trinajstić information content (AvgIpc) is 3.19. The molecule has 0 amide bonds. The van der Waals surface area contributed by atoms with E-state index in [0.29, 0.717) is 10.8 Å². The standard InChI is InChI=1S/C23H19NO3S2/c1-26-21(25)17-11-13-18(14-12-17)22(28-15-16-7-3-2-4-8-16)29-23-24-19-9-5-6-10-20(19)27-23/h2-14,22H,15H2,1H3. The smallest absolute Gasteiger partial charge is 0.337 e. The van der Waals surface area contributed by atoms with Crippen LogP contribution in [0.25, 0.3) is 11.1 Å². The number of esters is 1. The fraction of sp³-hybridized carbons (Fsp3) is 0.130. The SMILES string of the molecule is COC(=O)c1ccc(C(SCc2ccccc2)Sc2nc3ccccc3o2)cc1. The molecule has 0 aliphatic carbocycles. The van der Waals surface area contributed by atoms with Gasteiger partial charge in [-0.05, 0) is 47.2 Å². The van der Waals surface area contributed by atoms with Crippen molar-refractivity contribution in [3.8, 4) is 0 Å². The first-order valence-corrected chi connectivity index (χ1v) is 11.0. The molecule has 0 aliphatic rings. The molecule has 146 valence electrons. The van der Waals surface area contributed by atoms with Crippen LogP contribution in [0.1, 0.15) is 26.1 Å². The lowest BCUT2D eigenvalue weighted by molar-refractivity contribution is 0.0600. The highest BCUT2D eigenvalue weighted by atomic mass is 32.2. The van der Waals surface area contributed by atoms with Crippen molar-refractivity contribution in [2.24, 2.45) is 0 Å². The normalized spacial score (nSPS) is 12.0. The van der Waals surface area contributed by atoms with Gasteiger partial charge in [0.25, 0.3) is 5.22 Å². The van der Waals surface area contributed by atoms with E-state index in [2.05, 4.69) is 17.1 Å². The zero-order valence-corrected chi connectivity index (χ0v) is 17.4. The van der Waals surface area contributed by atoms with Crippen molar-refractivity contribution < 1.29 is 13.9 Å². The number of para-hydroxylation sites is 2. The number of hydrogen-bond acceptors (Lipinski definition) is 6. The fourth-order valence-corrected chi connectivity index (χ4v) is 5.21. The number of methoxy groups -OCH3 is 1. The van der Waals surface area contributed by atoms with Crippen LogP contribution < -0.4 is 0 Å². The summed E-state index contributed by atoms with van der Waals surface area (Å²) in [6.45, 7) is 0. The number of nitrogens with zero attached hydrogens (tertiary/aromatic N) is 1. The predicted octanol–water partition coefficient (Wildman–Crippen LogP) is 6.34. The monoisotopic (exact) mass is 421 g/mol. The number of hydrogen-bond donors (Lipinski definition) is 0. The molecule has 1 aromatic heterocycles. The van der Waals surface area contributed by atoms with Gasteiger partial charge in [-0.15, -0.1) is 11.8 Å². The summed E-state index contributed by atoms with van der Waals surface area (Å²) in [6, 6.07) is 25.6. The fourth-order valence-electron chi connectivity index (χ4n) is 2.83. The third-order valence-corrected chi connectivity index (χ3v) is 6.96. The molecule has 6 heteroatoms. The summed E-state index contributed by atoms with van der Waals surface area (Å²) in [5, 5.41) is 0.633. The van der Waals surface area contributed by atoms with Gasteiger partial charge >= 0.3 is 5.97 Å². The van der Waals surface area contributed by atoms with Gasteiger partial charge in [0.05, 0.1) is 17.3 Å².